The van der Waals surface area contributed by atoms with Gasteiger partial charge in [0.2, 0.25) is 0 Å². The molecule has 0 saturated carbocycles. The standard InChI is InChI=1S/C22H31N4O12P/c1-11-7-25(21(29)23-19(11)27)17-5-13(34-4)16(37-17)10-35-39(31,32)38-14-6-18(36-15(14)9-33-3)26-8-12(2)20(28)24-22(26)30/h7-8,13-18H,5-6,9-10H2,1-4H3,(H,31,32)(H,23,27,29)(H,24,28,30)/t13-,14-,15-,16-,17-,18-/m1/s1. The van der Waals surface area contributed by atoms with Crippen LogP contribution in [0.4, 0.5) is 0 Å². The van der Waals surface area contributed by atoms with E-state index < -0.39 is 73.8 Å². The molecule has 2 saturated heterocycles. The molecule has 0 aliphatic carbocycles. The fraction of sp³-hybridized carbons (Fsp3) is 0.636. The molecule has 16 nitrogen and oxygen atoms in total. The van der Waals surface area contributed by atoms with Crippen LogP contribution in [0.15, 0.2) is 31.6 Å². The average molecular weight is 574 g/mol. The number of hydrogen-bond acceptors (Lipinski definition) is 11. The number of aromatic nitrogens is 4. The zero-order valence-electron chi connectivity index (χ0n) is 21.7. The summed E-state index contributed by atoms with van der Waals surface area (Å²) in [6.07, 6.45) is -2.05. The first-order valence-corrected chi connectivity index (χ1v) is 13.5. The molecular weight excluding hydrogens is 543 g/mol. The lowest BCUT2D eigenvalue weighted by molar-refractivity contribution is -0.0650. The van der Waals surface area contributed by atoms with Crippen LogP contribution < -0.4 is 22.5 Å². The SMILES string of the molecule is COC[C@H]1O[C@@H](n2cc(C)c(=O)[nH]c2=O)C[C@H]1OP(=O)(O)OC[C@H]1O[C@@H](n2cc(C)c(=O)[nH]c2=O)C[C@H]1OC. The first-order chi connectivity index (χ1) is 18.4. The van der Waals surface area contributed by atoms with Gasteiger partial charge < -0.3 is 23.8 Å². The topological polar surface area (TPSA) is 202 Å². The van der Waals surface area contributed by atoms with Crippen molar-refractivity contribution in [2.24, 2.45) is 0 Å². The number of H-pyrrole nitrogens is 2. The van der Waals surface area contributed by atoms with Crippen LogP contribution in [0.2, 0.25) is 0 Å². The van der Waals surface area contributed by atoms with Crippen LogP contribution in [0.25, 0.3) is 0 Å². The Morgan fingerprint density at radius 1 is 0.897 bits per heavy atom. The minimum absolute atomic E-state index is 0.00917. The summed E-state index contributed by atoms with van der Waals surface area (Å²) in [7, 11) is -1.86. The Morgan fingerprint density at radius 2 is 1.38 bits per heavy atom. The molecule has 39 heavy (non-hydrogen) atoms. The molecule has 0 aromatic carbocycles. The second-order valence-corrected chi connectivity index (χ2v) is 10.7. The molecule has 0 spiro atoms. The number of phosphoric acid groups is 1. The maximum Gasteiger partial charge on any atom is 0.472 e. The van der Waals surface area contributed by atoms with Gasteiger partial charge in [-0.3, -0.25) is 37.7 Å². The lowest BCUT2D eigenvalue weighted by Gasteiger charge is -2.23. The van der Waals surface area contributed by atoms with E-state index in [4.69, 9.17) is 28.0 Å². The van der Waals surface area contributed by atoms with Gasteiger partial charge in [-0.2, -0.15) is 0 Å². The van der Waals surface area contributed by atoms with E-state index in [1.54, 1.807) is 6.92 Å². The van der Waals surface area contributed by atoms with Gasteiger partial charge in [-0.1, -0.05) is 0 Å². The summed E-state index contributed by atoms with van der Waals surface area (Å²) in [6, 6.07) is 0. The Balaban J connectivity index is 1.43. The highest BCUT2D eigenvalue weighted by atomic mass is 31.2. The molecule has 216 valence electrons. The summed E-state index contributed by atoms with van der Waals surface area (Å²) in [5, 5.41) is 0. The van der Waals surface area contributed by atoms with Crippen molar-refractivity contribution in [2.45, 2.75) is 63.6 Å². The number of hydrogen-bond donors (Lipinski definition) is 3. The third-order valence-electron chi connectivity index (χ3n) is 6.58. The maximum atomic E-state index is 12.9. The maximum absolute atomic E-state index is 12.9. The lowest BCUT2D eigenvalue weighted by atomic mass is 10.2. The summed E-state index contributed by atoms with van der Waals surface area (Å²) in [4.78, 5) is 62.8. The van der Waals surface area contributed by atoms with Crippen LogP contribution >= 0.6 is 7.82 Å². The summed E-state index contributed by atoms with van der Waals surface area (Å²) >= 11 is 0. The summed E-state index contributed by atoms with van der Waals surface area (Å²) in [6.45, 7) is 2.65. The third-order valence-corrected chi connectivity index (χ3v) is 7.59. The summed E-state index contributed by atoms with van der Waals surface area (Å²) in [5.74, 6) is 0. The molecule has 3 N–H and O–H groups in total. The van der Waals surface area contributed by atoms with Crippen molar-refractivity contribution in [1.29, 1.82) is 0 Å². The van der Waals surface area contributed by atoms with Crippen molar-refractivity contribution in [1.82, 2.24) is 19.1 Å². The van der Waals surface area contributed by atoms with E-state index in [9.17, 15) is 28.6 Å². The predicted molar refractivity (Wildman–Crippen MR) is 132 cm³/mol. The van der Waals surface area contributed by atoms with Gasteiger partial charge in [0.05, 0.1) is 19.3 Å². The molecule has 0 bridgehead atoms. The number of methoxy groups -OCH3 is 2. The summed E-state index contributed by atoms with van der Waals surface area (Å²) < 4.78 is 48.1. The predicted octanol–water partition coefficient (Wildman–Crippen LogP) is -0.558. The summed E-state index contributed by atoms with van der Waals surface area (Å²) in [5.41, 5.74) is -1.83. The third kappa shape index (κ3) is 6.56. The van der Waals surface area contributed by atoms with Crippen molar-refractivity contribution in [3.63, 3.8) is 0 Å². The van der Waals surface area contributed by atoms with Crippen molar-refractivity contribution in [3.8, 4) is 0 Å². The van der Waals surface area contributed by atoms with E-state index in [1.165, 1.54) is 42.7 Å². The van der Waals surface area contributed by atoms with Gasteiger partial charge in [-0.05, 0) is 13.8 Å². The van der Waals surface area contributed by atoms with E-state index in [-0.39, 0.29) is 25.0 Å². The molecule has 2 aliphatic rings. The molecule has 2 aromatic rings. The first kappa shape index (κ1) is 29.3. The second kappa shape index (κ2) is 11.8. The molecule has 2 aliphatic heterocycles. The Labute approximate surface area is 221 Å². The van der Waals surface area contributed by atoms with Gasteiger partial charge in [-0.25, -0.2) is 14.2 Å². The molecule has 1 unspecified atom stereocenters. The molecule has 2 fully saturated rings. The van der Waals surface area contributed by atoms with Crippen LogP contribution in [-0.2, 0) is 32.6 Å². The van der Waals surface area contributed by atoms with Crippen LogP contribution in [0.5, 0.6) is 0 Å². The van der Waals surface area contributed by atoms with Gasteiger partial charge in [-0.15, -0.1) is 0 Å². The van der Waals surface area contributed by atoms with Crippen LogP contribution in [0.1, 0.15) is 36.4 Å². The lowest BCUT2D eigenvalue weighted by Crippen LogP contribution is -2.33. The molecule has 4 heterocycles. The van der Waals surface area contributed by atoms with Crippen LogP contribution in [0, 0.1) is 13.8 Å². The van der Waals surface area contributed by atoms with Crippen LogP contribution in [-0.4, -0.2) is 75.8 Å². The largest absolute Gasteiger partial charge is 0.472 e. The number of nitrogens with zero attached hydrogens (tertiary/aromatic N) is 2. The molecule has 0 radical (unpaired) electrons. The Hall–Kier alpha value is -2.69. The Kier molecular flexibility index (Phi) is 8.88. The fourth-order valence-electron chi connectivity index (χ4n) is 4.53. The van der Waals surface area contributed by atoms with E-state index in [0.717, 1.165) is 0 Å². The number of rotatable bonds is 10. The molecule has 2 aromatic heterocycles. The van der Waals surface area contributed by atoms with Crippen molar-refractivity contribution >= 4 is 7.82 Å². The monoisotopic (exact) mass is 574 g/mol. The molecule has 17 heteroatoms. The van der Waals surface area contributed by atoms with Crippen molar-refractivity contribution < 1.29 is 37.5 Å². The van der Waals surface area contributed by atoms with E-state index >= 15 is 0 Å². The Morgan fingerprint density at radius 3 is 1.87 bits per heavy atom. The van der Waals surface area contributed by atoms with E-state index in [1.807, 2.05) is 0 Å². The average Bonchev–Trinajstić information content (AvgIpc) is 3.46. The van der Waals surface area contributed by atoms with Crippen LogP contribution in [0.3, 0.4) is 0 Å². The number of ether oxygens (including phenoxy) is 4. The highest BCUT2D eigenvalue weighted by Gasteiger charge is 2.43. The molecule has 4 rings (SSSR count). The fourth-order valence-corrected chi connectivity index (χ4v) is 5.50. The van der Waals surface area contributed by atoms with E-state index in [0.29, 0.717) is 5.56 Å². The van der Waals surface area contributed by atoms with Gasteiger partial charge in [0.15, 0.2) is 0 Å². The zero-order chi connectivity index (χ0) is 28.5. The number of phosphoric ester groups is 1. The number of nitrogens with one attached hydrogen (secondary N) is 2. The molecular formula is C22H31N4O12P. The smallest absolute Gasteiger partial charge is 0.382 e. The minimum Gasteiger partial charge on any atom is -0.382 e. The van der Waals surface area contributed by atoms with Crippen molar-refractivity contribution in [2.75, 3.05) is 27.4 Å². The molecule has 7 atom stereocenters. The highest BCUT2D eigenvalue weighted by molar-refractivity contribution is 7.47. The van der Waals surface area contributed by atoms with Gasteiger partial charge >= 0.3 is 19.2 Å². The Bertz CT molecular complexity index is 1460. The van der Waals surface area contributed by atoms with Crippen molar-refractivity contribution in [3.05, 3.63) is 65.2 Å². The van der Waals surface area contributed by atoms with Gasteiger partial charge in [0.25, 0.3) is 11.1 Å². The quantitative estimate of drug-likeness (QED) is 0.306. The van der Waals surface area contributed by atoms with Gasteiger partial charge in [0, 0.05) is 50.6 Å². The number of aromatic amines is 2. The van der Waals surface area contributed by atoms with E-state index in [2.05, 4.69) is 9.97 Å². The first-order valence-electron chi connectivity index (χ1n) is 12.0. The van der Waals surface area contributed by atoms with Gasteiger partial charge in [0.1, 0.15) is 30.8 Å². The number of aryl methyl sites for hydroxylation is 2. The second-order valence-electron chi connectivity index (χ2n) is 9.32. The minimum atomic E-state index is -4.69. The highest BCUT2D eigenvalue weighted by Crippen LogP contribution is 2.49. The molecule has 0 amide bonds. The normalized spacial score (nSPS) is 28.5. The zero-order valence-corrected chi connectivity index (χ0v) is 22.6.